The molecular weight excluding hydrogens is 741 g/mol. The Hall–Kier alpha value is -3.70. The molecule has 1 unspecified atom stereocenters. The van der Waals surface area contributed by atoms with Crippen LogP contribution < -0.4 is 0 Å². The molecule has 0 aromatic rings. The predicted octanol–water partition coefficient (Wildman–Crippen LogP) is 16.2. The van der Waals surface area contributed by atoms with Gasteiger partial charge in [0.1, 0.15) is 6.61 Å². The lowest BCUT2D eigenvalue weighted by Crippen LogP contribution is -2.30. The van der Waals surface area contributed by atoms with Gasteiger partial charge < -0.3 is 14.2 Å². The van der Waals surface area contributed by atoms with E-state index >= 15 is 0 Å². The minimum absolute atomic E-state index is 0.0318. The third-order valence-electron chi connectivity index (χ3n) is 9.49. The van der Waals surface area contributed by atoms with Crippen LogP contribution in [0.5, 0.6) is 0 Å². The Morgan fingerprint density at radius 3 is 1.22 bits per heavy atom. The first-order valence-electron chi connectivity index (χ1n) is 24.1. The molecule has 0 aliphatic heterocycles. The van der Waals surface area contributed by atoms with Crippen molar-refractivity contribution in [3.63, 3.8) is 0 Å². The topological polar surface area (TPSA) is 61.8 Å². The fourth-order valence-corrected chi connectivity index (χ4v) is 5.98. The van der Waals surface area contributed by atoms with Crippen molar-refractivity contribution in [1.29, 1.82) is 0 Å². The van der Waals surface area contributed by atoms with Crippen molar-refractivity contribution in [2.45, 2.75) is 194 Å². The summed E-state index contributed by atoms with van der Waals surface area (Å²) in [5, 5.41) is 0. The van der Waals surface area contributed by atoms with E-state index in [1.807, 2.05) is 0 Å². The maximum absolute atomic E-state index is 12.7. The standard InChI is InChI=1S/C55H88O5/c1-4-7-10-13-16-19-21-23-25-27-29-31-33-35-38-41-44-47-50-58-51-53(60-55(57)49-46-43-40-36-18-15-12-9-6-3)52-59-54(56)48-45-42-39-37-34-32-30-28-26-24-22-20-17-14-11-8-5-2/h7-8,10-11,16-17,19-20,23-26,29-32,35,37-39,53H,4-6,9,12-15,18,21-22,27-28,33-34,36,40-52H2,1-3H3/b10-7-,11-8-,19-16-,20-17-,25-23-,26-24-,31-29-,32-30-,38-35-,39-37-. The molecular formula is C55H88O5. The number of carbonyl (C=O) groups is 2. The molecule has 0 spiro atoms. The molecule has 0 heterocycles. The zero-order valence-corrected chi connectivity index (χ0v) is 38.7. The van der Waals surface area contributed by atoms with Crippen LogP contribution in [-0.2, 0) is 23.8 Å². The summed E-state index contributed by atoms with van der Waals surface area (Å²) in [4.78, 5) is 25.2. The smallest absolute Gasteiger partial charge is 0.306 e. The van der Waals surface area contributed by atoms with E-state index in [9.17, 15) is 9.59 Å². The van der Waals surface area contributed by atoms with E-state index in [2.05, 4.69) is 142 Å². The van der Waals surface area contributed by atoms with Crippen LogP contribution in [0.3, 0.4) is 0 Å². The van der Waals surface area contributed by atoms with Crippen LogP contribution in [0.2, 0.25) is 0 Å². The molecule has 1 atom stereocenters. The lowest BCUT2D eigenvalue weighted by atomic mass is 10.1. The van der Waals surface area contributed by atoms with Crippen molar-refractivity contribution in [2.75, 3.05) is 19.8 Å². The molecule has 0 N–H and O–H groups in total. The van der Waals surface area contributed by atoms with Crippen molar-refractivity contribution < 1.29 is 23.8 Å². The lowest BCUT2D eigenvalue weighted by molar-refractivity contribution is -0.163. The highest BCUT2D eigenvalue weighted by atomic mass is 16.6. The third kappa shape index (κ3) is 47.0. The van der Waals surface area contributed by atoms with E-state index < -0.39 is 6.10 Å². The summed E-state index contributed by atoms with van der Waals surface area (Å²) in [6.07, 6.45) is 69.3. The first kappa shape index (κ1) is 56.3. The highest BCUT2D eigenvalue weighted by Gasteiger charge is 2.17. The monoisotopic (exact) mass is 829 g/mol. The summed E-state index contributed by atoms with van der Waals surface area (Å²) in [5.74, 6) is -0.501. The molecule has 0 fully saturated rings. The second-order valence-electron chi connectivity index (χ2n) is 15.3. The fraction of sp³-hybridized carbons (Fsp3) is 0.600. The first-order chi connectivity index (χ1) is 29.6. The van der Waals surface area contributed by atoms with Gasteiger partial charge in [-0.3, -0.25) is 9.59 Å². The molecule has 0 aliphatic rings. The summed E-state index contributed by atoms with van der Waals surface area (Å²) in [6, 6.07) is 0. The summed E-state index contributed by atoms with van der Waals surface area (Å²) in [6.45, 7) is 7.40. The number of unbranched alkanes of at least 4 members (excludes halogenated alkanes) is 11. The molecule has 0 saturated heterocycles. The Morgan fingerprint density at radius 1 is 0.383 bits per heavy atom. The van der Waals surface area contributed by atoms with Crippen molar-refractivity contribution in [1.82, 2.24) is 0 Å². The number of ether oxygens (including phenoxy) is 3. The van der Waals surface area contributed by atoms with Crippen molar-refractivity contribution in [2.24, 2.45) is 0 Å². The number of allylic oxidation sites excluding steroid dienone is 20. The van der Waals surface area contributed by atoms with E-state index in [1.54, 1.807) is 0 Å². The zero-order chi connectivity index (χ0) is 43.5. The van der Waals surface area contributed by atoms with Gasteiger partial charge in [0.25, 0.3) is 0 Å². The van der Waals surface area contributed by atoms with Gasteiger partial charge in [0, 0.05) is 19.4 Å². The maximum atomic E-state index is 12.7. The molecule has 0 rings (SSSR count). The van der Waals surface area contributed by atoms with Crippen LogP contribution in [0.15, 0.2) is 122 Å². The first-order valence-corrected chi connectivity index (χ1v) is 24.1. The second kappa shape index (κ2) is 49.7. The summed E-state index contributed by atoms with van der Waals surface area (Å²) >= 11 is 0. The molecule has 60 heavy (non-hydrogen) atoms. The van der Waals surface area contributed by atoms with Crippen LogP contribution in [0.4, 0.5) is 0 Å². The summed E-state index contributed by atoms with van der Waals surface area (Å²) in [5.41, 5.74) is 0. The molecule has 0 aromatic heterocycles. The number of carbonyl (C=O) groups excluding carboxylic acids is 2. The Bertz CT molecular complexity index is 1260. The summed E-state index contributed by atoms with van der Waals surface area (Å²) < 4.78 is 17.2. The molecule has 0 saturated carbocycles. The van der Waals surface area contributed by atoms with Crippen molar-refractivity contribution in [3.8, 4) is 0 Å². The van der Waals surface area contributed by atoms with Crippen LogP contribution in [0, 0.1) is 0 Å². The van der Waals surface area contributed by atoms with E-state index in [0.717, 1.165) is 116 Å². The maximum Gasteiger partial charge on any atom is 0.306 e. The average Bonchev–Trinajstić information content (AvgIpc) is 3.25. The molecule has 5 nitrogen and oxygen atoms in total. The highest BCUT2D eigenvalue weighted by molar-refractivity contribution is 5.70. The number of hydrogen-bond donors (Lipinski definition) is 0. The molecule has 0 bridgehead atoms. The highest BCUT2D eigenvalue weighted by Crippen LogP contribution is 2.12. The van der Waals surface area contributed by atoms with E-state index in [1.165, 1.54) is 38.5 Å². The fourth-order valence-electron chi connectivity index (χ4n) is 5.98. The van der Waals surface area contributed by atoms with E-state index in [4.69, 9.17) is 14.2 Å². The zero-order valence-electron chi connectivity index (χ0n) is 38.7. The molecule has 338 valence electrons. The Labute approximate surface area is 369 Å². The normalized spacial score (nSPS) is 13.3. The Balaban J connectivity index is 4.41. The largest absolute Gasteiger partial charge is 0.462 e. The molecule has 0 radical (unpaired) electrons. The summed E-state index contributed by atoms with van der Waals surface area (Å²) in [7, 11) is 0. The van der Waals surface area contributed by atoms with Gasteiger partial charge in [-0.25, -0.2) is 0 Å². The van der Waals surface area contributed by atoms with Gasteiger partial charge >= 0.3 is 11.9 Å². The minimum atomic E-state index is -0.586. The van der Waals surface area contributed by atoms with E-state index in [0.29, 0.717) is 19.4 Å². The molecule has 0 aliphatic carbocycles. The van der Waals surface area contributed by atoms with Gasteiger partial charge in [0.2, 0.25) is 0 Å². The average molecular weight is 829 g/mol. The van der Waals surface area contributed by atoms with Gasteiger partial charge in [-0.2, -0.15) is 0 Å². The predicted molar refractivity (Wildman–Crippen MR) is 260 cm³/mol. The number of esters is 2. The number of rotatable bonds is 42. The van der Waals surface area contributed by atoms with Crippen LogP contribution in [0.25, 0.3) is 0 Å². The van der Waals surface area contributed by atoms with E-state index in [-0.39, 0.29) is 25.2 Å². The Morgan fingerprint density at radius 2 is 0.767 bits per heavy atom. The Kier molecular flexibility index (Phi) is 46.6. The van der Waals surface area contributed by atoms with Crippen molar-refractivity contribution in [3.05, 3.63) is 122 Å². The van der Waals surface area contributed by atoms with Gasteiger partial charge in [-0.1, -0.05) is 194 Å². The second-order valence-corrected chi connectivity index (χ2v) is 15.3. The van der Waals surface area contributed by atoms with Crippen LogP contribution in [0.1, 0.15) is 188 Å². The minimum Gasteiger partial charge on any atom is -0.462 e. The molecule has 5 heteroatoms. The van der Waals surface area contributed by atoms with Gasteiger partial charge in [0.15, 0.2) is 6.10 Å². The van der Waals surface area contributed by atoms with Crippen molar-refractivity contribution >= 4 is 11.9 Å². The molecule has 0 aromatic carbocycles. The van der Waals surface area contributed by atoms with Crippen LogP contribution in [-0.4, -0.2) is 37.9 Å². The molecule has 0 amide bonds. The number of hydrogen-bond acceptors (Lipinski definition) is 5. The van der Waals surface area contributed by atoms with Gasteiger partial charge in [-0.05, 0) is 103 Å². The third-order valence-corrected chi connectivity index (χ3v) is 9.49. The lowest BCUT2D eigenvalue weighted by Gasteiger charge is -2.18. The van der Waals surface area contributed by atoms with Gasteiger partial charge in [-0.15, -0.1) is 0 Å². The van der Waals surface area contributed by atoms with Crippen LogP contribution >= 0.6 is 0 Å². The quantitative estimate of drug-likeness (QED) is 0.0348. The SMILES string of the molecule is CC/C=C\C/C=C\C/C=C\C/C=C\C/C=C\CCCCOCC(COC(=O)CCC/C=C\C/C=C\C/C=C\C/C=C\C/C=C\CC)OC(=O)CCCCCCCCCCC. The van der Waals surface area contributed by atoms with Gasteiger partial charge in [0.05, 0.1) is 6.61 Å².